The highest BCUT2D eigenvalue weighted by Gasteiger charge is 2.09. The van der Waals surface area contributed by atoms with Crippen molar-refractivity contribution in [2.45, 2.75) is 12.7 Å². The quantitative estimate of drug-likeness (QED) is 0.623. The lowest BCUT2D eigenvalue weighted by Crippen LogP contribution is -2.15. The van der Waals surface area contributed by atoms with Gasteiger partial charge >= 0.3 is 0 Å². The van der Waals surface area contributed by atoms with Gasteiger partial charge in [-0.2, -0.15) is 0 Å². The molecular weight excluding hydrogens is 360 g/mol. The standard InChI is InChI=1S/C21H20N2O3S/c1-15-6-2-3-7-16(15)13-27-14-20(24)22-17-8-4-9-18(12-17)23-21(25)19-10-5-11-26-19/h2-12H,13-14H2,1H3,(H,22,24)(H,23,25). The Kier molecular flexibility index (Phi) is 6.33. The Bertz CT molecular complexity index is 923. The minimum atomic E-state index is -0.336. The van der Waals surface area contributed by atoms with Crippen LogP contribution in [-0.4, -0.2) is 17.6 Å². The number of aryl methyl sites for hydroxylation is 1. The smallest absolute Gasteiger partial charge is 0.291 e. The van der Waals surface area contributed by atoms with E-state index in [9.17, 15) is 9.59 Å². The molecule has 0 saturated carbocycles. The van der Waals surface area contributed by atoms with E-state index in [0.29, 0.717) is 17.1 Å². The highest BCUT2D eigenvalue weighted by Crippen LogP contribution is 2.18. The highest BCUT2D eigenvalue weighted by molar-refractivity contribution is 7.99. The molecule has 5 nitrogen and oxygen atoms in total. The molecule has 0 unspecified atom stereocenters. The molecule has 2 aromatic carbocycles. The van der Waals surface area contributed by atoms with Crippen molar-refractivity contribution in [1.29, 1.82) is 0 Å². The zero-order valence-electron chi connectivity index (χ0n) is 14.9. The van der Waals surface area contributed by atoms with Crippen LogP contribution in [0.5, 0.6) is 0 Å². The summed E-state index contributed by atoms with van der Waals surface area (Å²) >= 11 is 1.57. The fraction of sp³-hybridized carbons (Fsp3) is 0.143. The van der Waals surface area contributed by atoms with Crippen LogP contribution in [0.1, 0.15) is 21.7 Å². The number of anilines is 2. The van der Waals surface area contributed by atoms with Gasteiger partial charge in [0.25, 0.3) is 5.91 Å². The van der Waals surface area contributed by atoms with Gasteiger partial charge in [-0.1, -0.05) is 30.3 Å². The molecule has 0 saturated heterocycles. The first kappa shape index (κ1) is 18.8. The van der Waals surface area contributed by atoms with E-state index in [1.807, 2.05) is 12.1 Å². The number of carbonyl (C=O) groups excluding carboxylic acids is 2. The third-order valence-corrected chi connectivity index (χ3v) is 4.88. The van der Waals surface area contributed by atoms with Crippen molar-refractivity contribution in [3.05, 3.63) is 83.8 Å². The second-order valence-electron chi connectivity index (χ2n) is 5.98. The van der Waals surface area contributed by atoms with Gasteiger partial charge in [-0.3, -0.25) is 9.59 Å². The average Bonchev–Trinajstić information content (AvgIpc) is 3.18. The predicted molar refractivity (Wildman–Crippen MR) is 109 cm³/mol. The van der Waals surface area contributed by atoms with E-state index >= 15 is 0 Å². The number of nitrogens with one attached hydrogen (secondary N) is 2. The summed E-state index contributed by atoms with van der Waals surface area (Å²) in [5, 5.41) is 5.60. The average molecular weight is 380 g/mol. The Labute approximate surface area is 162 Å². The summed E-state index contributed by atoms with van der Waals surface area (Å²) in [7, 11) is 0. The molecule has 0 aliphatic carbocycles. The van der Waals surface area contributed by atoms with E-state index in [1.54, 1.807) is 48.2 Å². The van der Waals surface area contributed by atoms with Crippen molar-refractivity contribution < 1.29 is 14.0 Å². The maximum Gasteiger partial charge on any atom is 0.291 e. The maximum atomic E-state index is 12.2. The zero-order chi connectivity index (χ0) is 19.1. The van der Waals surface area contributed by atoms with Gasteiger partial charge in [-0.25, -0.2) is 0 Å². The van der Waals surface area contributed by atoms with Gasteiger partial charge in [0.05, 0.1) is 12.0 Å². The number of hydrogen-bond acceptors (Lipinski definition) is 4. The van der Waals surface area contributed by atoms with Gasteiger partial charge in [0, 0.05) is 17.1 Å². The summed E-state index contributed by atoms with van der Waals surface area (Å²) in [6.07, 6.45) is 1.44. The summed E-state index contributed by atoms with van der Waals surface area (Å²) in [5.74, 6) is 0.966. The summed E-state index contributed by atoms with van der Waals surface area (Å²) in [6.45, 7) is 2.07. The molecule has 138 valence electrons. The van der Waals surface area contributed by atoms with E-state index in [-0.39, 0.29) is 17.6 Å². The van der Waals surface area contributed by atoms with Crippen molar-refractivity contribution in [3.63, 3.8) is 0 Å². The molecular formula is C21H20N2O3S. The molecule has 0 bridgehead atoms. The molecule has 3 aromatic rings. The van der Waals surface area contributed by atoms with Crippen LogP contribution in [0.4, 0.5) is 11.4 Å². The molecule has 0 fully saturated rings. The zero-order valence-corrected chi connectivity index (χ0v) is 15.7. The van der Waals surface area contributed by atoms with Crippen LogP contribution in [0, 0.1) is 6.92 Å². The van der Waals surface area contributed by atoms with Gasteiger partial charge in [-0.05, 0) is 48.4 Å². The van der Waals surface area contributed by atoms with Crippen molar-refractivity contribution in [1.82, 2.24) is 0 Å². The molecule has 6 heteroatoms. The van der Waals surface area contributed by atoms with Crippen molar-refractivity contribution >= 4 is 35.0 Å². The van der Waals surface area contributed by atoms with Crippen LogP contribution in [0.25, 0.3) is 0 Å². The van der Waals surface area contributed by atoms with Crippen LogP contribution in [-0.2, 0) is 10.5 Å². The molecule has 0 aliphatic heterocycles. The van der Waals surface area contributed by atoms with Crippen molar-refractivity contribution in [2.75, 3.05) is 16.4 Å². The minimum absolute atomic E-state index is 0.0805. The normalized spacial score (nSPS) is 10.4. The van der Waals surface area contributed by atoms with Gasteiger partial charge in [-0.15, -0.1) is 11.8 Å². The second-order valence-corrected chi connectivity index (χ2v) is 6.97. The third-order valence-electron chi connectivity index (χ3n) is 3.90. The van der Waals surface area contributed by atoms with Crippen LogP contribution in [0.15, 0.2) is 71.3 Å². The van der Waals surface area contributed by atoms with Gasteiger partial charge in [0.1, 0.15) is 0 Å². The number of carbonyl (C=O) groups is 2. The number of furan rings is 1. The van der Waals surface area contributed by atoms with Gasteiger partial charge in [0.15, 0.2) is 5.76 Å². The van der Waals surface area contributed by atoms with Gasteiger partial charge < -0.3 is 15.1 Å². The summed E-state index contributed by atoms with van der Waals surface area (Å²) in [4.78, 5) is 24.2. The predicted octanol–water partition coefficient (Wildman–Crippen LogP) is 4.71. The van der Waals surface area contributed by atoms with Crippen LogP contribution in [0.2, 0.25) is 0 Å². The molecule has 0 atom stereocenters. The fourth-order valence-electron chi connectivity index (χ4n) is 2.50. The highest BCUT2D eigenvalue weighted by atomic mass is 32.2. The maximum absolute atomic E-state index is 12.2. The molecule has 1 heterocycles. The van der Waals surface area contributed by atoms with E-state index in [1.165, 1.54) is 17.4 Å². The molecule has 0 radical (unpaired) electrons. The number of benzene rings is 2. The van der Waals surface area contributed by atoms with Crippen LogP contribution < -0.4 is 10.6 Å². The number of amides is 2. The number of thioether (sulfide) groups is 1. The fourth-order valence-corrected chi connectivity index (χ4v) is 3.40. The Morgan fingerprint density at radius 1 is 0.963 bits per heavy atom. The topological polar surface area (TPSA) is 71.3 Å². The molecule has 1 aromatic heterocycles. The second kappa shape index (κ2) is 9.09. The van der Waals surface area contributed by atoms with Crippen molar-refractivity contribution in [2.24, 2.45) is 0 Å². The molecule has 2 amide bonds. The molecule has 0 spiro atoms. The lowest BCUT2D eigenvalue weighted by Gasteiger charge is -2.09. The van der Waals surface area contributed by atoms with Crippen LogP contribution >= 0.6 is 11.8 Å². The Morgan fingerprint density at radius 2 is 1.74 bits per heavy atom. The van der Waals surface area contributed by atoms with Gasteiger partial charge in [0.2, 0.25) is 5.91 Å². The molecule has 2 N–H and O–H groups in total. The van der Waals surface area contributed by atoms with E-state index in [4.69, 9.17) is 4.42 Å². The SMILES string of the molecule is Cc1ccccc1CSCC(=O)Nc1cccc(NC(=O)c2ccco2)c1. The summed E-state index contributed by atoms with van der Waals surface area (Å²) in [5.41, 5.74) is 3.68. The molecule has 27 heavy (non-hydrogen) atoms. The third kappa shape index (κ3) is 5.49. The van der Waals surface area contributed by atoms with E-state index in [0.717, 1.165) is 5.75 Å². The minimum Gasteiger partial charge on any atom is -0.459 e. The lowest BCUT2D eigenvalue weighted by molar-refractivity contribution is -0.113. The van der Waals surface area contributed by atoms with E-state index in [2.05, 4.69) is 29.7 Å². The Morgan fingerprint density at radius 3 is 2.48 bits per heavy atom. The Balaban J connectivity index is 1.50. The largest absolute Gasteiger partial charge is 0.459 e. The first-order valence-electron chi connectivity index (χ1n) is 8.49. The molecule has 0 aliphatic rings. The van der Waals surface area contributed by atoms with Crippen LogP contribution in [0.3, 0.4) is 0 Å². The number of rotatable bonds is 7. The Hall–Kier alpha value is -2.99. The number of hydrogen-bond donors (Lipinski definition) is 2. The first-order valence-corrected chi connectivity index (χ1v) is 9.64. The molecule has 3 rings (SSSR count). The summed E-state index contributed by atoms with van der Waals surface area (Å²) in [6, 6.07) is 18.4. The monoisotopic (exact) mass is 380 g/mol. The lowest BCUT2D eigenvalue weighted by atomic mass is 10.1. The summed E-state index contributed by atoms with van der Waals surface area (Å²) < 4.78 is 5.07. The first-order chi connectivity index (χ1) is 13.1. The van der Waals surface area contributed by atoms with E-state index < -0.39 is 0 Å². The van der Waals surface area contributed by atoms with Crippen molar-refractivity contribution in [3.8, 4) is 0 Å².